The Kier molecular flexibility index (Phi) is 4.22. The number of nitrogens with zero attached hydrogens (tertiary/aromatic N) is 4. The van der Waals surface area contributed by atoms with Gasteiger partial charge in [0, 0.05) is 28.9 Å². The molecule has 0 bridgehead atoms. The van der Waals surface area contributed by atoms with Gasteiger partial charge in [0.1, 0.15) is 10.8 Å². The molecule has 4 aromatic rings. The van der Waals surface area contributed by atoms with Crippen molar-refractivity contribution >= 4 is 23.2 Å². The fraction of sp³-hybridized carbons (Fsp3) is 0.105. The number of ether oxygens (including phenoxy) is 1. The van der Waals surface area contributed by atoms with Gasteiger partial charge in [0.25, 0.3) is 0 Å². The molecule has 0 saturated heterocycles. The smallest absolute Gasteiger partial charge is 0.170 e. The Bertz CT molecular complexity index is 1080. The van der Waals surface area contributed by atoms with Crippen molar-refractivity contribution in [3.05, 3.63) is 66.1 Å². The van der Waals surface area contributed by atoms with E-state index in [0.29, 0.717) is 17.3 Å². The molecular weight excluding hydrogens is 346 g/mol. The minimum atomic E-state index is 0.351. The summed E-state index contributed by atoms with van der Waals surface area (Å²) in [6, 6.07) is 15.4. The fourth-order valence-electron chi connectivity index (χ4n) is 2.56. The number of benzene rings is 1. The van der Waals surface area contributed by atoms with Crippen LogP contribution in [0.15, 0.2) is 64.6 Å². The molecule has 130 valence electrons. The summed E-state index contributed by atoms with van der Waals surface area (Å²) >= 11 is 1.54. The highest BCUT2D eigenvalue weighted by Gasteiger charge is 2.11. The van der Waals surface area contributed by atoms with Gasteiger partial charge in [0.2, 0.25) is 0 Å². The van der Waals surface area contributed by atoms with E-state index in [9.17, 15) is 0 Å². The first kappa shape index (κ1) is 16.4. The van der Waals surface area contributed by atoms with Gasteiger partial charge >= 0.3 is 0 Å². The summed E-state index contributed by atoms with van der Waals surface area (Å²) in [7, 11) is 0. The molecule has 0 aliphatic rings. The second-order valence-corrected chi connectivity index (χ2v) is 6.96. The first-order valence-corrected chi connectivity index (χ1v) is 8.90. The fourth-order valence-corrected chi connectivity index (χ4v) is 3.53. The molecule has 2 N–H and O–H groups in total. The highest BCUT2D eigenvalue weighted by molar-refractivity contribution is 7.99. The normalized spacial score (nSPS) is 11.0. The van der Waals surface area contributed by atoms with Crippen LogP contribution in [0.3, 0.4) is 0 Å². The van der Waals surface area contributed by atoms with E-state index in [1.54, 1.807) is 18.0 Å². The number of rotatable bonds is 4. The number of fused-ring (bicyclic) bond motifs is 1. The summed E-state index contributed by atoms with van der Waals surface area (Å²) in [5.74, 6) is 1.59. The van der Waals surface area contributed by atoms with E-state index in [1.807, 2.05) is 66.9 Å². The molecule has 3 aromatic heterocycles. The van der Waals surface area contributed by atoms with E-state index in [0.717, 1.165) is 27.0 Å². The maximum atomic E-state index is 5.98. The molecule has 0 spiro atoms. The molecule has 0 unspecified atom stereocenters. The Hall–Kier alpha value is -3.06. The third-order valence-corrected chi connectivity index (χ3v) is 4.65. The molecule has 0 fully saturated rings. The van der Waals surface area contributed by atoms with Crippen molar-refractivity contribution < 1.29 is 4.74 Å². The van der Waals surface area contributed by atoms with E-state index in [-0.39, 0.29) is 0 Å². The van der Waals surface area contributed by atoms with Gasteiger partial charge in [0.05, 0.1) is 5.69 Å². The van der Waals surface area contributed by atoms with Crippen molar-refractivity contribution in [3.8, 4) is 11.5 Å². The number of anilines is 1. The van der Waals surface area contributed by atoms with Crippen molar-refractivity contribution in [2.45, 2.75) is 23.8 Å². The Balaban J connectivity index is 1.68. The first-order chi connectivity index (χ1) is 12.6. The van der Waals surface area contributed by atoms with Crippen LogP contribution < -0.4 is 10.5 Å². The number of hydrogen-bond donors (Lipinski definition) is 1. The van der Waals surface area contributed by atoms with E-state index in [2.05, 4.69) is 15.1 Å². The van der Waals surface area contributed by atoms with Crippen LogP contribution in [0.5, 0.6) is 11.5 Å². The van der Waals surface area contributed by atoms with Crippen LogP contribution >= 0.6 is 11.8 Å². The lowest BCUT2D eigenvalue weighted by atomic mass is 10.3. The SMILES string of the molecule is Cc1cc(Sc2cnc(N)c(Oc3ccccc3)c2)n2nc(C)cc2n1. The predicted molar refractivity (Wildman–Crippen MR) is 102 cm³/mol. The van der Waals surface area contributed by atoms with Gasteiger partial charge in [0.15, 0.2) is 17.2 Å². The molecule has 0 amide bonds. The molecule has 1 aromatic carbocycles. The number of para-hydroxylation sites is 1. The molecular formula is C19H17N5OS. The molecule has 0 aliphatic heterocycles. The van der Waals surface area contributed by atoms with Crippen LogP contribution in [0.25, 0.3) is 5.65 Å². The number of nitrogen functional groups attached to an aromatic ring is 1. The van der Waals surface area contributed by atoms with Crippen molar-refractivity contribution in [1.82, 2.24) is 19.6 Å². The molecule has 6 nitrogen and oxygen atoms in total. The zero-order chi connectivity index (χ0) is 18.1. The maximum Gasteiger partial charge on any atom is 0.170 e. The first-order valence-electron chi connectivity index (χ1n) is 8.09. The number of hydrogen-bond acceptors (Lipinski definition) is 6. The van der Waals surface area contributed by atoms with Crippen LogP contribution in [-0.4, -0.2) is 19.6 Å². The molecule has 26 heavy (non-hydrogen) atoms. The van der Waals surface area contributed by atoms with Crippen LogP contribution in [0.1, 0.15) is 11.4 Å². The molecule has 0 aliphatic carbocycles. The number of nitrogens with two attached hydrogens (primary N) is 1. The lowest BCUT2D eigenvalue weighted by molar-refractivity contribution is 0.481. The molecule has 4 rings (SSSR count). The number of aromatic nitrogens is 4. The third kappa shape index (κ3) is 3.34. The third-order valence-electron chi connectivity index (χ3n) is 3.69. The van der Waals surface area contributed by atoms with Crippen molar-refractivity contribution in [1.29, 1.82) is 0 Å². The van der Waals surface area contributed by atoms with Crippen molar-refractivity contribution in [2.75, 3.05) is 5.73 Å². The summed E-state index contributed by atoms with van der Waals surface area (Å²) in [5, 5.41) is 5.47. The Labute approximate surface area is 155 Å². The Morgan fingerprint density at radius 3 is 2.65 bits per heavy atom. The molecule has 0 atom stereocenters. The van der Waals surface area contributed by atoms with Gasteiger partial charge in [-0.2, -0.15) is 5.10 Å². The van der Waals surface area contributed by atoms with Gasteiger partial charge in [-0.05, 0) is 32.0 Å². The van der Waals surface area contributed by atoms with Crippen LogP contribution in [0.4, 0.5) is 5.82 Å². The number of aryl methyl sites for hydroxylation is 2. The second kappa shape index (κ2) is 6.68. The van der Waals surface area contributed by atoms with Gasteiger partial charge < -0.3 is 10.5 Å². The Morgan fingerprint density at radius 1 is 1.04 bits per heavy atom. The lowest BCUT2D eigenvalue weighted by Crippen LogP contribution is -1.98. The maximum absolute atomic E-state index is 5.98. The van der Waals surface area contributed by atoms with E-state index < -0.39 is 0 Å². The zero-order valence-electron chi connectivity index (χ0n) is 14.4. The molecule has 3 heterocycles. The lowest BCUT2D eigenvalue weighted by Gasteiger charge is -2.10. The van der Waals surface area contributed by atoms with E-state index in [4.69, 9.17) is 10.5 Å². The highest BCUT2D eigenvalue weighted by Crippen LogP contribution is 2.34. The summed E-state index contributed by atoms with van der Waals surface area (Å²) in [4.78, 5) is 9.69. The van der Waals surface area contributed by atoms with E-state index >= 15 is 0 Å². The minimum absolute atomic E-state index is 0.351. The molecule has 0 radical (unpaired) electrons. The quantitative estimate of drug-likeness (QED) is 0.546. The van der Waals surface area contributed by atoms with Crippen LogP contribution in [-0.2, 0) is 0 Å². The minimum Gasteiger partial charge on any atom is -0.453 e. The van der Waals surface area contributed by atoms with E-state index in [1.165, 1.54) is 0 Å². The van der Waals surface area contributed by atoms with Crippen molar-refractivity contribution in [2.24, 2.45) is 0 Å². The Morgan fingerprint density at radius 2 is 1.85 bits per heavy atom. The largest absolute Gasteiger partial charge is 0.453 e. The van der Waals surface area contributed by atoms with Gasteiger partial charge in [-0.15, -0.1) is 0 Å². The number of pyridine rings is 1. The summed E-state index contributed by atoms with van der Waals surface area (Å²) in [6.07, 6.45) is 1.73. The topological polar surface area (TPSA) is 78.3 Å². The van der Waals surface area contributed by atoms with Gasteiger partial charge in [-0.3, -0.25) is 0 Å². The molecule has 0 saturated carbocycles. The molecule has 7 heteroatoms. The zero-order valence-corrected chi connectivity index (χ0v) is 15.2. The average molecular weight is 363 g/mol. The van der Waals surface area contributed by atoms with Crippen LogP contribution in [0, 0.1) is 13.8 Å². The summed E-state index contributed by atoms with van der Waals surface area (Å²) < 4.78 is 7.70. The highest BCUT2D eigenvalue weighted by atomic mass is 32.2. The van der Waals surface area contributed by atoms with Gasteiger partial charge in [-0.1, -0.05) is 30.0 Å². The van der Waals surface area contributed by atoms with Crippen molar-refractivity contribution in [3.63, 3.8) is 0 Å². The standard InChI is InChI=1S/C19H17N5OS/c1-12-9-18(24-17(22-12)8-13(2)23-24)26-15-10-16(19(20)21-11-15)25-14-6-4-3-5-7-14/h3-11H,1-2H3,(H2,20,21). The summed E-state index contributed by atoms with van der Waals surface area (Å²) in [5.41, 5.74) is 8.66. The van der Waals surface area contributed by atoms with Crippen LogP contribution in [0.2, 0.25) is 0 Å². The summed E-state index contributed by atoms with van der Waals surface area (Å²) in [6.45, 7) is 3.92. The monoisotopic (exact) mass is 363 g/mol. The predicted octanol–water partition coefficient (Wildman–Crippen LogP) is 4.27. The average Bonchev–Trinajstić information content (AvgIpc) is 2.99. The second-order valence-electron chi connectivity index (χ2n) is 5.86. The van der Waals surface area contributed by atoms with Gasteiger partial charge in [-0.25, -0.2) is 14.5 Å².